The lowest BCUT2D eigenvalue weighted by Crippen LogP contribution is -2.25. The molecule has 34 heavy (non-hydrogen) atoms. The molecule has 8 nitrogen and oxygen atoms in total. The highest BCUT2D eigenvalue weighted by molar-refractivity contribution is 7.98. The van der Waals surface area contributed by atoms with E-state index in [9.17, 15) is 9.18 Å². The summed E-state index contributed by atoms with van der Waals surface area (Å²) in [6, 6.07) is 2.92. The Balaban J connectivity index is 1.33. The first-order valence-corrected chi connectivity index (χ1v) is 13.0. The van der Waals surface area contributed by atoms with Gasteiger partial charge in [-0.15, -0.1) is 33.3 Å². The van der Waals surface area contributed by atoms with Gasteiger partial charge in [-0.1, -0.05) is 6.92 Å². The summed E-state index contributed by atoms with van der Waals surface area (Å²) in [5.74, 6) is 0.867. The number of hydrogen-bond acceptors (Lipinski definition) is 8. The number of fused-ring (bicyclic) bond motifs is 1. The molecule has 4 aromatic rings. The van der Waals surface area contributed by atoms with Gasteiger partial charge in [0.25, 0.3) is 5.91 Å². The summed E-state index contributed by atoms with van der Waals surface area (Å²) < 4.78 is 17.1. The Labute approximate surface area is 205 Å². The van der Waals surface area contributed by atoms with Gasteiger partial charge in [0, 0.05) is 36.8 Å². The van der Waals surface area contributed by atoms with Crippen molar-refractivity contribution in [3.05, 3.63) is 58.9 Å². The fourth-order valence-corrected chi connectivity index (χ4v) is 4.79. The van der Waals surface area contributed by atoms with E-state index in [2.05, 4.69) is 37.4 Å². The Kier molecular flexibility index (Phi) is 7.84. The molecule has 0 aliphatic heterocycles. The highest BCUT2D eigenvalue weighted by Crippen LogP contribution is 2.27. The molecule has 0 fully saturated rings. The molecule has 1 N–H and O–H groups in total. The van der Waals surface area contributed by atoms with Crippen LogP contribution in [0.5, 0.6) is 0 Å². The minimum absolute atomic E-state index is 0.00530. The predicted octanol–water partition coefficient (Wildman–Crippen LogP) is 4.21. The molecule has 3 heterocycles. The summed E-state index contributed by atoms with van der Waals surface area (Å²) in [4.78, 5) is 27.0. The summed E-state index contributed by atoms with van der Waals surface area (Å²) in [6.45, 7) is 2.38. The molecule has 0 aliphatic rings. The van der Waals surface area contributed by atoms with Gasteiger partial charge < -0.3 is 9.88 Å². The highest BCUT2D eigenvalue weighted by atomic mass is 32.2. The van der Waals surface area contributed by atoms with Crippen LogP contribution in [0.4, 0.5) is 4.39 Å². The van der Waals surface area contributed by atoms with Crippen LogP contribution in [0, 0.1) is 11.7 Å². The topological polar surface area (TPSA) is 98.5 Å². The quantitative estimate of drug-likeness (QED) is 0.326. The maximum absolute atomic E-state index is 14.6. The van der Waals surface area contributed by atoms with Gasteiger partial charge in [-0.25, -0.2) is 19.3 Å². The maximum Gasteiger partial charge on any atom is 0.254 e. The van der Waals surface area contributed by atoms with E-state index >= 15 is 0 Å². The van der Waals surface area contributed by atoms with Gasteiger partial charge >= 0.3 is 0 Å². The Morgan fingerprint density at radius 3 is 2.71 bits per heavy atom. The largest absolute Gasteiger partial charge is 0.345 e. The monoisotopic (exact) mass is 499 g/mol. The zero-order chi connectivity index (χ0) is 24.1. The molecule has 0 spiro atoms. The van der Waals surface area contributed by atoms with Crippen LogP contribution in [-0.4, -0.2) is 41.9 Å². The second kappa shape index (κ2) is 11.0. The number of amides is 1. The molecule has 4 rings (SSSR count). The van der Waals surface area contributed by atoms with Crippen LogP contribution in [0.25, 0.3) is 10.2 Å². The van der Waals surface area contributed by atoms with Gasteiger partial charge in [-0.05, 0) is 37.5 Å². The molecule has 178 valence electrons. The predicted molar refractivity (Wildman–Crippen MR) is 131 cm³/mol. The van der Waals surface area contributed by atoms with E-state index in [1.165, 1.54) is 17.4 Å². The number of carbonyl (C=O) groups is 1. The lowest BCUT2D eigenvalue weighted by atomic mass is 10.00. The van der Waals surface area contributed by atoms with Gasteiger partial charge in [0.1, 0.15) is 18.0 Å². The molecule has 1 aromatic carbocycles. The second-order valence-electron chi connectivity index (χ2n) is 8.17. The number of nitrogens with zero attached hydrogens (tertiary/aromatic N) is 6. The second-order valence-corrected chi connectivity index (χ2v) is 10.2. The SMILES string of the molecule is CSc1cnc(CC[C@H](C)CCc2nc3cc(F)c(C(=O)NCc4nncn4C)cc3s2)nc1. The van der Waals surface area contributed by atoms with Crippen LogP contribution in [0.2, 0.25) is 0 Å². The van der Waals surface area contributed by atoms with Crippen molar-refractivity contribution in [1.29, 1.82) is 0 Å². The number of thiazole rings is 1. The van der Waals surface area contributed by atoms with Crippen molar-refractivity contribution < 1.29 is 9.18 Å². The first-order valence-electron chi connectivity index (χ1n) is 11.0. The third kappa shape index (κ3) is 5.95. The molecule has 1 amide bonds. The highest BCUT2D eigenvalue weighted by Gasteiger charge is 2.16. The number of hydrogen-bond donors (Lipinski definition) is 1. The van der Waals surface area contributed by atoms with Crippen molar-refractivity contribution in [2.45, 2.75) is 44.0 Å². The Morgan fingerprint density at radius 2 is 2.00 bits per heavy atom. The van der Waals surface area contributed by atoms with E-state index in [-0.39, 0.29) is 12.1 Å². The third-order valence-corrected chi connectivity index (χ3v) is 7.37. The maximum atomic E-state index is 14.6. The number of rotatable bonds is 10. The minimum Gasteiger partial charge on any atom is -0.345 e. The first-order chi connectivity index (χ1) is 16.4. The fourth-order valence-electron chi connectivity index (χ4n) is 3.47. The lowest BCUT2D eigenvalue weighted by molar-refractivity contribution is 0.0945. The van der Waals surface area contributed by atoms with E-state index in [1.807, 2.05) is 18.6 Å². The van der Waals surface area contributed by atoms with Gasteiger partial charge in [0.15, 0.2) is 5.82 Å². The molecule has 0 bridgehead atoms. The summed E-state index contributed by atoms with van der Waals surface area (Å²) in [7, 11) is 1.78. The van der Waals surface area contributed by atoms with Crippen LogP contribution in [0.1, 0.15) is 46.8 Å². The average molecular weight is 500 g/mol. The molecule has 0 aliphatic carbocycles. The molecule has 0 saturated carbocycles. The molecule has 0 radical (unpaired) electrons. The molecule has 11 heteroatoms. The normalized spacial score (nSPS) is 12.2. The van der Waals surface area contributed by atoms with Crippen LogP contribution in [-0.2, 0) is 26.4 Å². The van der Waals surface area contributed by atoms with E-state index in [0.29, 0.717) is 17.3 Å². The fraction of sp³-hybridized carbons (Fsp3) is 0.391. The van der Waals surface area contributed by atoms with E-state index < -0.39 is 11.7 Å². The van der Waals surface area contributed by atoms with Gasteiger partial charge in [0.2, 0.25) is 0 Å². The molecule has 3 aromatic heterocycles. The van der Waals surface area contributed by atoms with Crippen LogP contribution >= 0.6 is 23.1 Å². The van der Waals surface area contributed by atoms with E-state index in [4.69, 9.17) is 0 Å². The minimum atomic E-state index is -0.583. The van der Waals surface area contributed by atoms with Gasteiger partial charge in [-0.3, -0.25) is 4.79 Å². The van der Waals surface area contributed by atoms with Crippen LogP contribution in [0.15, 0.2) is 35.7 Å². The number of halogens is 1. The number of carbonyl (C=O) groups excluding carboxylic acids is 1. The zero-order valence-electron chi connectivity index (χ0n) is 19.3. The molecule has 1 atom stereocenters. The van der Waals surface area contributed by atoms with Crippen molar-refractivity contribution in [3.63, 3.8) is 0 Å². The van der Waals surface area contributed by atoms with Gasteiger partial charge in [0.05, 0.1) is 27.3 Å². The average Bonchev–Trinajstić information content (AvgIpc) is 3.44. The summed E-state index contributed by atoms with van der Waals surface area (Å²) in [5.41, 5.74) is 0.586. The summed E-state index contributed by atoms with van der Waals surface area (Å²) in [5, 5.41) is 11.3. The van der Waals surface area contributed by atoms with Crippen molar-refractivity contribution in [2.24, 2.45) is 13.0 Å². The van der Waals surface area contributed by atoms with E-state index in [0.717, 1.165) is 46.1 Å². The Hall–Kier alpha value is -2.92. The molecule has 0 saturated heterocycles. The van der Waals surface area contributed by atoms with Crippen LogP contribution in [0.3, 0.4) is 0 Å². The van der Waals surface area contributed by atoms with Crippen LogP contribution < -0.4 is 5.32 Å². The Bertz CT molecular complexity index is 1270. The third-order valence-electron chi connectivity index (χ3n) is 5.61. The Morgan fingerprint density at radius 1 is 1.24 bits per heavy atom. The number of benzene rings is 1. The number of thioether (sulfide) groups is 1. The number of nitrogens with one attached hydrogen (secondary N) is 1. The van der Waals surface area contributed by atoms with E-state index in [1.54, 1.807) is 35.8 Å². The summed E-state index contributed by atoms with van der Waals surface area (Å²) >= 11 is 3.14. The summed E-state index contributed by atoms with van der Waals surface area (Å²) in [6.07, 6.45) is 10.9. The van der Waals surface area contributed by atoms with Crippen molar-refractivity contribution >= 4 is 39.2 Å². The lowest BCUT2D eigenvalue weighted by Gasteiger charge is -2.09. The van der Waals surface area contributed by atoms with Crippen molar-refractivity contribution in [3.8, 4) is 0 Å². The molecule has 0 unspecified atom stereocenters. The molecular weight excluding hydrogens is 473 g/mol. The molecular formula is C23H26FN7OS2. The van der Waals surface area contributed by atoms with Gasteiger partial charge in [-0.2, -0.15) is 0 Å². The number of aromatic nitrogens is 6. The standard InChI is InChI=1S/C23H26FN7OS2/c1-14(4-6-20-25-10-15(33-3)11-26-20)5-7-22-29-18-9-17(24)16(8-19(18)34-22)23(32)27-12-21-30-28-13-31(21)2/h8-11,13-14H,4-7,12H2,1-3H3,(H,27,32)/t14-/m0/s1. The number of aryl methyl sites for hydroxylation is 3. The zero-order valence-corrected chi connectivity index (χ0v) is 20.9. The first kappa shape index (κ1) is 24.2. The van der Waals surface area contributed by atoms with Crippen molar-refractivity contribution in [1.82, 2.24) is 35.0 Å². The smallest absolute Gasteiger partial charge is 0.254 e. The van der Waals surface area contributed by atoms with Crippen molar-refractivity contribution in [2.75, 3.05) is 6.26 Å².